The first-order chi connectivity index (χ1) is 10.7. The second-order valence-corrected chi connectivity index (χ2v) is 5.28. The van der Waals surface area contributed by atoms with Gasteiger partial charge in [0.25, 0.3) is 0 Å². The Balaban J connectivity index is 1.45. The third-order valence-corrected chi connectivity index (χ3v) is 3.81. The lowest BCUT2D eigenvalue weighted by Gasteiger charge is -2.32. The van der Waals surface area contributed by atoms with Gasteiger partial charge in [-0.3, -0.25) is 9.69 Å². The fourth-order valence-corrected chi connectivity index (χ4v) is 2.57. The first-order valence-electron chi connectivity index (χ1n) is 7.34. The molecule has 0 saturated carbocycles. The van der Waals surface area contributed by atoms with Crippen LogP contribution in [0.3, 0.4) is 0 Å². The van der Waals surface area contributed by atoms with E-state index in [0.717, 1.165) is 12.8 Å². The highest BCUT2D eigenvalue weighted by Gasteiger charge is 2.29. The number of aromatic nitrogens is 2. The van der Waals surface area contributed by atoms with Crippen molar-refractivity contribution in [2.45, 2.75) is 18.9 Å². The predicted molar refractivity (Wildman–Crippen MR) is 75.2 cm³/mol. The standard InChI is InChI=1S/C14H18N4O4/c19-13(9-18-7-8-21-14(18)20)17-5-2-11(3-6-17)22-12-1-4-15-10-16-12/h1,4,10-11H,2-3,5-9H2. The zero-order chi connectivity index (χ0) is 15.4. The molecule has 0 aromatic carbocycles. The lowest BCUT2D eigenvalue weighted by molar-refractivity contribution is -0.133. The van der Waals surface area contributed by atoms with Gasteiger partial charge in [0.15, 0.2) is 0 Å². The van der Waals surface area contributed by atoms with Crippen molar-refractivity contribution in [1.29, 1.82) is 0 Å². The van der Waals surface area contributed by atoms with Crippen LogP contribution in [0.5, 0.6) is 5.88 Å². The summed E-state index contributed by atoms with van der Waals surface area (Å²) < 4.78 is 10.6. The molecule has 0 unspecified atom stereocenters. The van der Waals surface area contributed by atoms with Crippen molar-refractivity contribution >= 4 is 12.0 Å². The second-order valence-electron chi connectivity index (χ2n) is 5.28. The highest BCUT2D eigenvalue weighted by atomic mass is 16.6. The van der Waals surface area contributed by atoms with Crippen LogP contribution in [0.1, 0.15) is 12.8 Å². The Morgan fingerprint density at radius 1 is 1.36 bits per heavy atom. The van der Waals surface area contributed by atoms with Crippen LogP contribution in [0.2, 0.25) is 0 Å². The van der Waals surface area contributed by atoms with Crippen molar-refractivity contribution in [2.75, 3.05) is 32.8 Å². The van der Waals surface area contributed by atoms with E-state index in [9.17, 15) is 9.59 Å². The topological polar surface area (TPSA) is 84.9 Å². The Labute approximate surface area is 128 Å². The number of likely N-dealkylation sites (tertiary alicyclic amines) is 1. The maximum atomic E-state index is 12.2. The molecular weight excluding hydrogens is 288 g/mol. The van der Waals surface area contributed by atoms with Crippen LogP contribution < -0.4 is 4.74 Å². The molecule has 118 valence electrons. The third-order valence-electron chi connectivity index (χ3n) is 3.81. The summed E-state index contributed by atoms with van der Waals surface area (Å²) >= 11 is 0. The largest absolute Gasteiger partial charge is 0.474 e. The SMILES string of the molecule is O=C(CN1CCOC1=O)N1CCC(Oc2ccncn2)CC1. The van der Waals surface area contributed by atoms with Crippen molar-refractivity contribution < 1.29 is 19.1 Å². The summed E-state index contributed by atoms with van der Waals surface area (Å²) in [4.78, 5) is 34.6. The number of piperidine rings is 1. The summed E-state index contributed by atoms with van der Waals surface area (Å²) in [6.45, 7) is 2.18. The molecule has 1 aromatic rings. The summed E-state index contributed by atoms with van der Waals surface area (Å²) in [5.74, 6) is 0.513. The minimum absolute atomic E-state index is 0.0423. The van der Waals surface area contributed by atoms with Crippen LogP contribution in [0.25, 0.3) is 0 Å². The van der Waals surface area contributed by atoms with E-state index < -0.39 is 6.09 Å². The molecule has 0 radical (unpaired) electrons. The van der Waals surface area contributed by atoms with Crippen LogP contribution in [0.4, 0.5) is 4.79 Å². The summed E-state index contributed by atoms with van der Waals surface area (Å²) in [6.07, 6.45) is 4.23. The van der Waals surface area contributed by atoms with Crippen molar-refractivity contribution in [3.63, 3.8) is 0 Å². The zero-order valence-corrected chi connectivity index (χ0v) is 12.2. The van der Waals surface area contributed by atoms with Gasteiger partial charge in [-0.15, -0.1) is 0 Å². The van der Waals surface area contributed by atoms with Gasteiger partial charge in [0.1, 0.15) is 25.6 Å². The maximum absolute atomic E-state index is 12.2. The quantitative estimate of drug-likeness (QED) is 0.795. The molecule has 8 nitrogen and oxygen atoms in total. The van der Waals surface area contributed by atoms with Crippen LogP contribution in [-0.4, -0.2) is 70.7 Å². The molecule has 1 aromatic heterocycles. The van der Waals surface area contributed by atoms with Gasteiger partial charge in [0.2, 0.25) is 11.8 Å². The van der Waals surface area contributed by atoms with Crippen LogP contribution >= 0.6 is 0 Å². The molecule has 22 heavy (non-hydrogen) atoms. The summed E-state index contributed by atoms with van der Waals surface area (Å²) in [5.41, 5.74) is 0. The average molecular weight is 306 g/mol. The number of carbonyl (C=O) groups is 2. The Bertz CT molecular complexity index is 531. The fourth-order valence-electron chi connectivity index (χ4n) is 2.57. The molecule has 2 fully saturated rings. The molecule has 0 bridgehead atoms. The Hall–Kier alpha value is -2.38. The molecule has 2 aliphatic heterocycles. The average Bonchev–Trinajstić information content (AvgIpc) is 2.94. The van der Waals surface area contributed by atoms with E-state index in [1.54, 1.807) is 17.2 Å². The molecule has 2 aliphatic rings. The molecule has 3 rings (SSSR count). The molecule has 8 heteroatoms. The van der Waals surface area contributed by atoms with E-state index in [0.29, 0.717) is 32.1 Å². The van der Waals surface area contributed by atoms with Gasteiger partial charge >= 0.3 is 6.09 Å². The molecule has 0 spiro atoms. The highest BCUT2D eigenvalue weighted by molar-refractivity contribution is 5.82. The molecule has 3 heterocycles. The lowest BCUT2D eigenvalue weighted by Crippen LogP contribution is -2.46. The van der Waals surface area contributed by atoms with E-state index in [2.05, 4.69) is 9.97 Å². The van der Waals surface area contributed by atoms with Gasteiger partial charge in [-0.25, -0.2) is 14.8 Å². The summed E-state index contributed by atoms with van der Waals surface area (Å²) in [6, 6.07) is 1.72. The van der Waals surface area contributed by atoms with Crippen molar-refractivity contribution in [2.24, 2.45) is 0 Å². The first kappa shape index (κ1) is 14.6. The molecule has 0 aliphatic carbocycles. The van der Waals surface area contributed by atoms with E-state index in [1.807, 2.05) is 0 Å². The number of rotatable bonds is 4. The number of hydrogen-bond acceptors (Lipinski definition) is 6. The van der Waals surface area contributed by atoms with Gasteiger partial charge in [-0.05, 0) is 0 Å². The van der Waals surface area contributed by atoms with E-state index in [4.69, 9.17) is 9.47 Å². The first-order valence-corrected chi connectivity index (χ1v) is 7.34. The molecule has 0 N–H and O–H groups in total. The molecule has 0 atom stereocenters. The highest BCUT2D eigenvalue weighted by Crippen LogP contribution is 2.17. The summed E-state index contributed by atoms with van der Waals surface area (Å²) in [5, 5.41) is 0. The van der Waals surface area contributed by atoms with Gasteiger partial charge < -0.3 is 14.4 Å². The van der Waals surface area contributed by atoms with Gasteiger partial charge in [-0.1, -0.05) is 0 Å². The Morgan fingerprint density at radius 3 is 2.82 bits per heavy atom. The van der Waals surface area contributed by atoms with Crippen molar-refractivity contribution in [3.05, 3.63) is 18.6 Å². The predicted octanol–water partition coefficient (Wildman–Crippen LogP) is 0.299. The normalized spacial score (nSPS) is 19.2. The van der Waals surface area contributed by atoms with E-state index in [1.165, 1.54) is 11.2 Å². The van der Waals surface area contributed by atoms with Gasteiger partial charge in [-0.2, -0.15) is 0 Å². The molecule has 2 saturated heterocycles. The number of nitrogens with zero attached hydrogens (tertiary/aromatic N) is 4. The second kappa shape index (κ2) is 6.59. The van der Waals surface area contributed by atoms with E-state index in [-0.39, 0.29) is 18.6 Å². The fraction of sp³-hybridized carbons (Fsp3) is 0.571. The summed E-state index contributed by atoms with van der Waals surface area (Å²) in [7, 11) is 0. The van der Waals surface area contributed by atoms with Crippen molar-refractivity contribution in [1.82, 2.24) is 19.8 Å². The zero-order valence-electron chi connectivity index (χ0n) is 12.2. The van der Waals surface area contributed by atoms with Crippen molar-refractivity contribution in [3.8, 4) is 5.88 Å². The lowest BCUT2D eigenvalue weighted by atomic mass is 10.1. The third kappa shape index (κ3) is 3.44. The minimum atomic E-state index is -0.407. The Kier molecular flexibility index (Phi) is 4.36. The Morgan fingerprint density at radius 2 is 2.18 bits per heavy atom. The van der Waals surface area contributed by atoms with Crippen LogP contribution in [0.15, 0.2) is 18.6 Å². The number of hydrogen-bond donors (Lipinski definition) is 0. The smallest absolute Gasteiger partial charge is 0.410 e. The maximum Gasteiger partial charge on any atom is 0.410 e. The number of ether oxygens (including phenoxy) is 2. The molecular formula is C14H18N4O4. The van der Waals surface area contributed by atoms with Gasteiger partial charge in [0, 0.05) is 38.2 Å². The van der Waals surface area contributed by atoms with Crippen LogP contribution in [-0.2, 0) is 9.53 Å². The monoisotopic (exact) mass is 306 g/mol. The van der Waals surface area contributed by atoms with Crippen LogP contribution in [0, 0.1) is 0 Å². The van der Waals surface area contributed by atoms with E-state index >= 15 is 0 Å². The number of amides is 2. The minimum Gasteiger partial charge on any atom is -0.474 e. The van der Waals surface area contributed by atoms with Gasteiger partial charge in [0.05, 0.1) is 6.54 Å². The number of carbonyl (C=O) groups excluding carboxylic acids is 2. The number of cyclic esters (lactones) is 1. The molecule has 2 amide bonds.